The van der Waals surface area contributed by atoms with E-state index in [1.807, 2.05) is 43.3 Å². The SMILES string of the molecule is CCCSc1nc(N(C(=O)OC(C)(C)C)[C@@H]2C[C@H]2c2ccc(F)c(F)c2)c2nnn([C@@H]3C[C@H](COCC(=O)O)O[C@H]3CO[Si](c3ccccc3)(c3ccccc3)C(C)(C)C)c2n1. The summed E-state index contributed by atoms with van der Waals surface area (Å²) in [4.78, 5) is 37.0. The molecule has 0 radical (unpaired) electrons. The molecule has 0 bridgehead atoms. The zero-order valence-electron chi connectivity index (χ0n) is 36.1. The number of thioether (sulfide) groups is 1. The molecule has 5 atom stereocenters. The number of carbonyl (C=O) groups excluding carboxylic acids is 1. The fourth-order valence-corrected chi connectivity index (χ4v) is 13.5. The molecule has 7 rings (SSSR count). The number of aliphatic carboxylic acids is 1. The highest BCUT2D eigenvalue weighted by molar-refractivity contribution is 7.99. The topological polar surface area (TPSA) is 151 Å². The van der Waals surface area contributed by atoms with E-state index >= 15 is 0 Å². The summed E-state index contributed by atoms with van der Waals surface area (Å²) in [5.41, 5.74) is 0.260. The minimum atomic E-state index is -3.04. The highest BCUT2D eigenvalue weighted by atomic mass is 32.2. The van der Waals surface area contributed by atoms with Crippen LogP contribution in [0.25, 0.3) is 11.2 Å². The molecule has 5 aromatic rings. The molecule has 3 heterocycles. The molecule has 2 aliphatic rings. The molecule has 3 aromatic carbocycles. The molecule has 2 fully saturated rings. The number of carbonyl (C=O) groups is 2. The number of anilines is 1. The van der Waals surface area contributed by atoms with E-state index in [2.05, 4.69) is 55.3 Å². The van der Waals surface area contributed by atoms with Gasteiger partial charge in [0.25, 0.3) is 8.32 Å². The molecule has 0 spiro atoms. The zero-order chi connectivity index (χ0) is 44.4. The Hall–Kier alpha value is -4.81. The first-order valence-corrected chi connectivity index (χ1v) is 23.8. The molecule has 62 heavy (non-hydrogen) atoms. The van der Waals surface area contributed by atoms with Crippen molar-refractivity contribution in [1.29, 1.82) is 0 Å². The van der Waals surface area contributed by atoms with Crippen molar-refractivity contribution in [3.8, 4) is 0 Å². The van der Waals surface area contributed by atoms with Crippen molar-refractivity contribution in [2.75, 3.05) is 30.5 Å². The first kappa shape index (κ1) is 45.2. The van der Waals surface area contributed by atoms with Crippen LogP contribution < -0.4 is 15.3 Å². The highest BCUT2D eigenvalue weighted by Crippen LogP contribution is 2.48. The van der Waals surface area contributed by atoms with Gasteiger partial charge in [-0.3, -0.25) is 4.90 Å². The number of amides is 1. The van der Waals surface area contributed by atoms with Crippen molar-refractivity contribution in [2.45, 2.75) is 114 Å². The average molecular weight is 889 g/mol. The summed E-state index contributed by atoms with van der Waals surface area (Å²) in [6.07, 6.45) is -0.190. The van der Waals surface area contributed by atoms with Gasteiger partial charge in [-0.1, -0.05) is 111 Å². The maximum absolute atomic E-state index is 14.5. The molecule has 1 aliphatic carbocycles. The van der Waals surface area contributed by atoms with Crippen LogP contribution in [0.15, 0.2) is 84.0 Å². The number of hydrogen-bond acceptors (Lipinski definition) is 11. The van der Waals surface area contributed by atoms with Gasteiger partial charge in [-0.15, -0.1) is 5.10 Å². The molecule has 17 heteroatoms. The lowest BCUT2D eigenvalue weighted by Gasteiger charge is -2.43. The van der Waals surface area contributed by atoms with Crippen LogP contribution in [0.1, 0.15) is 85.3 Å². The molecule has 1 saturated heterocycles. The summed E-state index contributed by atoms with van der Waals surface area (Å²) in [5, 5.41) is 20.9. The normalized spacial score (nSPS) is 20.4. The van der Waals surface area contributed by atoms with Gasteiger partial charge in [-0.05, 0) is 66.7 Å². The number of carboxylic acids is 1. The Balaban J connectivity index is 1.32. The summed E-state index contributed by atoms with van der Waals surface area (Å²) in [7, 11) is -3.04. The maximum Gasteiger partial charge on any atom is 0.416 e. The van der Waals surface area contributed by atoms with Gasteiger partial charge in [-0.2, -0.15) is 0 Å². The van der Waals surface area contributed by atoms with E-state index in [0.29, 0.717) is 35.0 Å². The van der Waals surface area contributed by atoms with Crippen LogP contribution in [0, 0.1) is 11.6 Å². The fraction of sp³-hybridized carbons (Fsp3) is 0.467. The number of nitrogens with zero attached hydrogens (tertiary/aromatic N) is 6. The first-order valence-electron chi connectivity index (χ1n) is 20.9. The minimum Gasteiger partial charge on any atom is -0.480 e. The third-order valence-electron chi connectivity index (χ3n) is 11.0. The third kappa shape index (κ3) is 9.71. The lowest BCUT2D eigenvalue weighted by molar-refractivity contribution is -0.143. The van der Waals surface area contributed by atoms with Gasteiger partial charge in [-0.25, -0.2) is 33.0 Å². The van der Waals surface area contributed by atoms with E-state index in [0.717, 1.165) is 28.9 Å². The van der Waals surface area contributed by atoms with Crippen LogP contribution >= 0.6 is 11.8 Å². The van der Waals surface area contributed by atoms with Crippen LogP contribution in [-0.4, -0.2) is 99.9 Å². The predicted octanol–water partition coefficient (Wildman–Crippen LogP) is 7.68. The van der Waals surface area contributed by atoms with Crippen molar-refractivity contribution in [1.82, 2.24) is 25.0 Å². The van der Waals surface area contributed by atoms with Crippen molar-refractivity contribution in [3.63, 3.8) is 0 Å². The van der Waals surface area contributed by atoms with Gasteiger partial charge in [0.2, 0.25) is 0 Å². The van der Waals surface area contributed by atoms with Gasteiger partial charge in [0.15, 0.2) is 33.8 Å². The predicted molar refractivity (Wildman–Crippen MR) is 235 cm³/mol. The standard InChI is InChI=1S/C45H54F2N6O7SSi/c1-8-21-61-42-48-40(52(43(56)60-44(2,3)4)35-24-32(35)28-19-20-33(46)34(47)22-28)39-41(49-42)53(51-50-39)36-23-29(25-57-27-38(54)55)59-37(36)26-58-62(45(5,6)7,30-15-11-9-12-16-30)31-17-13-10-14-18-31/h9-20,22,29,32,35-37H,8,21,23-27H2,1-7H3,(H,54,55)/t29-,32+,35-,36-,37+/m1/s1. The molecule has 13 nitrogen and oxygen atoms in total. The Kier molecular flexibility index (Phi) is 13.5. The highest BCUT2D eigenvalue weighted by Gasteiger charge is 2.52. The Morgan fingerprint density at radius 1 is 0.935 bits per heavy atom. The summed E-state index contributed by atoms with van der Waals surface area (Å²) < 4.78 is 55.7. The second-order valence-corrected chi connectivity index (χ2v) is 23.2. The lowest BCUT2D eigenvalue weighted by Crippen LogP contribution is -2.67. The van der Waals surface area contributed by atoms with E-state index in [-0.39, 0.29) is 35.5 Å². The van der Waals surface area contributed by atoms with Crippen LogP contribution in [0.3, 0.4) is 0 Å². The maximum atomic E-state index is 14.5. The molecule has 1 amide bonds. The smallest absolute Gasteiger partial charge is 0.416 e. The lowest BCUT2D eigenvalue weighted by atomic mass is 10.1. The van der Waals surface area contributed by atoms with Gasteiger partial charge in [0, 0.05) is 24.1 Å². The number of carboxylic acid groups (broad SMARTS) is 1. The van der Waals surface area contributed by atoms with E-state index in [1.54, 1.807) is 25.5 Å². The molecule has 2 aromatic heterocycles. The molecule has 0 unspecified atom stereocenters. The number of halogens is 2. The van der Waals surface area contributed by atoms with Crippen molar-refractivity contribution in [2.24, 2.45) is 0 Å². The number of ether oxygens (including phenoxy) is 3. The van der Waals surface area contributed by atoms with Gasteiger partial charge in [0.1, 0.15) is 18.3 Å². The second-order valence-electron chi connectivity index (χ2n) is 17.8. The van der Waals surface area contributed by atoms with Gasteiger partial charge >= 0.3 is 12.1 Å². The van der Waals surface area contributed by atoms with Crippen LogP contribution in [0.4, 0.5) is 19.4 Å². The molecular formula is C45H54F2N6O7SSi. The fourth-order valence-electron chi connectivity index (χ4n) is 8.28. The van der Waals surface area contributed by atoms with E-state index in [4.69, 9.17) is 28.6 Å². The minimum absolute atomic E-state index is 0.0163. The van der Waals surface area contributed by atoms with E-state index in [9.17, 15) is 23.5 Å². The summed E-state index contributed by atoms with van der Waals surface area (Å²) in [6.45, 7) is 13.6. The van der Waals surface area contributed by atoms with Crippen LogP contribution in [0.5, 0.6) is 0 Å². The largest absolute Gasteiger partial charge is 0.480 e. The van der Waals surface area contributed by atoms with Crippen molar-refractivity contribution in [3.05, 3.63) is 96.1 Å². The molecule has 1 aliphatic heterocycles. The zero-order valence-corrected chi connectivity index (χ0v) is 37.9. The third-order valence-corrected chi connectivity index (χ3v) is 17.1. The average Bonchev–Trinajstić information content (AvgIpc) is 3.70. The van der Waals surface area contributed by atoms with Crippen LogP contribution in [-0.2, 0) is 23.4 Å². The second kappa shape index (κ2) is 18.5. The first-order chi connectivity index (χ1) is 29.5. The number of rotatable bonds is 16. The Bertz CT molecular complexity index is 2320. The summed E-state index contributed by atoms with van der Waals surface area (Å²) in [6, 6.07) is 23.3. The quantitative estimate of drug-likeness (QED) is 0.0588. The number of fused-ring (bicyclic) bond motifs is 1. The molecular weight excluding hydrogens is 835 g/mol. The molecule has 330 valence electrons. The van der Waals surface area contributed by atoms with Gasteiger partial charge in [0.05, 0.1) is 25.4 Å². The Morgan fingerprint density at radius 3 is 2.21 bits per heavy atom. The Morgan fingerprint density at radius 2 is 1.61 bits per heavy atom. The van der Waals surface area contributed by atoms with Crippen molar-refractivity contribution < 1.29 is 42.1 Å². The Labute approximate surface area is 365 Å². The van der Waals surface area contributed by atoms with E-state index in [1.165, 1.54) is 22.7 Å². The number of hydrogen-bond donors (Lipinski definition) is 1. The monoisotopic (exact) mass is 888 g/mol. The number of aromatic nitrogens is 5. The summed E-state index contributed by atoms with van der Waals surface area (Å²) >= 11 is 1.42. The number of benzene rings is 3. The van der Waals surface area contributed by atoms with Gasteiger partial charge < -0.3 is 23.7 Å². The summed E-state index contributed by atoms with van der Waals surface area (Å²) in [5.74, 6) is -2.48. The van der Waals surface area contributed by atoms with Crippen LogP contribution in [0.2, 0.25) is 5.04 Å². The van der Waals surface area contributed by atoms with Crippen molar-refractivity contribution >= 4 is 59.5 Å². The van der Waals surface area contributed by atoms with E-state index < -0.39 is 68.5 Å². The molecule has 1 N–H and O–H groups in total. The molecule has 1 saturated carbocycles.